The van der Waals surface area contributed by atoms with Gasteiger partial charge in [-0.15, -0.1) is 0 Å². The van der Waals surface area contributed by atoms with Crippen LogP contribution >= 0.6 is 0 Å². The minimum atomic E-state index is -0.134. The number of fused-ring (bicyclic) bond motifs is 1. The van der Waals surface area contributed by atoms with E-state index in [4.69, 9.17) is 0 Å². The van der Waals surface area contributed by atoms with Gasteiger partial charge >= 0.3 is 0 Å². The van der Waals surface area contributed by atoms with Gasteiger partial charge in [0.25, 0.3) is 0 Å². The molecule has 1 aromatic heterocycles. The summed E-state index contributed by atoms with van der Waals surface area (Å²) in [5.74, 6) is -0.134. The molecule has 23 heavy (non-hydrogen) atoms. The number of hydrogen-bond acceptors (Lipinski definition) is 3. The molecular weight excluding hydrogens is 282 g/mol. The van der Waals surface area contributed by atoms with Crippen LogP contribution in [0, 0.1) is 11.3 Å². The first-order chi connectivity index (χ1) is 11.1. The first-order valence-corrected chi connectivity index (χ1v) is 7.67. The molecule has 3 nitrogen and oxygen atoms in total. The van der Waals surface area contributed by atoms with E-state index in [1.165, 1.54) is 0 Å². The van der Waals surface area contributed by atoms with Crippen LogP contribution in [0.4, 0.5) is 5.69 Å². The molecule has 0 radical (unpaired) electrons. The van der Waals surface area contributed by atoms with Gasteiger partial charge < -0.3 is 4.90 Å². The van der Waals surface area contributed by atoms with Gasteiger partial charge in [0.05, 0.1) is 17.7 Å². The fourth-order valence-corrected chi connectivity index (χ4v) is 2.83. The maximum Gasteiger partial charge on any atom is 0.0780 e. The molecule has 3 heteroatoms. The zero-order chi connectivity index (χ0) is 16.4. The van der Waals surface area contributed by atoms with Crippen molar-refractivity contribution in [3.8, 4) is 17.3 Å². The third-order valence-electron chi connectivity index (χ3n) is 4.16. The Kier molecular flexibility index (Phi) is 3.99. The quantitative estimate of drug-likeness (QED) is 0.710. The molecule has 0 aliphatic heterocycles. The minimum absolute atomic E-state index is 0.134. The highest BCUT2D eigenvalue weighted by atomic mass is 15.1. The summed E-state index contributed by atoms with van der Waals surface area (Å²) in [4.78, 5) is 6.66. The van der Waals surface area contributed by atoms with Gasteiger partial charge in [-0.2, -0.15) is 5.26 Å². The zero-order valence-corrected chi connectivity index (χ0v) is 13.6. The predicted octanol–water partition coefficient (Wildman–Crippen LogP) is 4.59. The van der Waals surface area contributed by atoms with Gasteiger partial charge in [0, 0.05) is 36.9 Å². The number of aromatic nitrogens is 1. The van der Waals surface area contributed by atoms with E-state index in [0.29, 0.717) is 0 Å². The van der Waals surface area contributed by atoms with Crippen molar-refractivity contribution >= 4 is 16.5 Å². The number of nitrogens with zero attached hydrogens (tertiary/aromatic N) is 3. The molecule has 3 aromatic rings. The maximum absolute atomic E-state index is 9.25. The molecule has 0 aliphatic rings. The number of rotatable bonds is 3. The van der Waals surface area contributed by atoms with Crippen LogP contribution in [0.25, 0.3) is 22.0 Å². The van der Waals surface area contributed by atoms with E-state index in [2.05, 4.69) is 46.3 Å². The largest absolute Gasteiger partial charge is 0.378 e. The fraction of sp³-hybridized carbons (Fsp3) is 0.200. The smallest absolute Gasteiger partial charge is 0.0780 e. The van der Waals surface area contributed by atoms with Crippen LogP contribution in [-0.4, -0.2) is 19.1 Å². The summed E-state index contributed by atoms with van der Waals surface area (Å²) in [6.45, 7) is 1.93. The molecule has 0 aliphatic carbocycles. The molecule has 0 N–H and O–H groups in total. The van der Waals surface area contributed by atoms with Crippen molar-refractivity contribution < 1.29 is 0 Å². The van der Waals surface area contributed by atoms with E-state index in [0.717, 1.165) is 33.3 Å². The molecule has 0 fully saturated rings. The topological polar surface area (TPSA) is 39.9 Å². The first kappa shape index (κ1) is 15.1. The van der Waals surface area contributed by atoms with Crippen molar-refractivity contribution in [3.05, 3.63) is 60.3 Å². The van der Waals surface area contributed by atoms with Crippen molar-refractivity contribution in [2.75, 3.05) is 19.0 Å². The second-order valence-electron chi connectivity index (χ2n) is 5.89. The normalized spacial score (nSPS) is 11.9. The molecule has 0 spiro atoms. The lowest BCUT2D eigenvalue weighted by atomic mass is 9.94. The molecule has 1 atom stereocenters. The predicted molar refractivity (Wildman–Crippen MR) is 95.5 cm³/mol. The van der Waals surface area contributed by atoms with Crippen molar-refractivity contribution in [1.82, 2.24) is 4.98 Å². The zero-order valence-electron chi connectivity index (χ0n) is 13.6. The minimum Gasteiger partial charge on any atom is -0.378 e. The monoisotopic (exact) mass is 301 g/mol. The lowest BCUT2D eigenvalue weighted by Crippen LogP contribution is -2.07. The Morgan fingerprint density at radius 1 is 1.00 bits per heavy atom. The van der Waals surface area contributed by atoms with Crippen LogP contribution in [-0.2, 0) is 0 Å². The van der Waals surface area contributed by atoms with E-state index in [-0.39, 0.29) is 5.92 Å². The molecule has 2 aromatic carbocycles. The Hall–Kier alpha value is -2.86. The first-order valence-electron chi connectivity index (χ1n) is 7.67. The molecule has 1 heterocycles. The maximum atomic E-state index is 9.25. The second-order valence-corrected chi connectivity index (χ2v) is 5.89. The summed E-state index contributed by atoms with van der Waals surface area (Å²) in [6.07, 6.45) is 1.82. The highest BCUT2D eigenvalue weighted by Crippen LogP contribution is 2.32. The summed E-state index contributed by atoms with van der Waals surface area (Å²) >= 11 is 0. The van der Waals surface area contributed by atoms with Crippen LogP contribution in [0.5, 0.6) is 0 Å². The van der Waals surface area contributed by atoms with Crippen LogP contribution in [0.1, 0.15) is 18.4 Å². The molecule has 0 bridgehead atoms. The van der Waals surface area contributed by atoms with Gasteiger partial charge in [-0.05, 0) is 36.1 Å². The Morgan fingerprint density at radius 3 is 2.39 bits per heavy atom. The third kappa shape index (κ3) is 2.76. The number of nitriles is 1. The Labute approximate surface area is 136 Å². The molecule has 0 amide bonds. The summed E-state index contributed by atoms with van der Waals surface area (Å²) in [5.41, 5.74) is 4.26. The van der Waals surface area contributed by atoms with E-state index >= 15 is 0 Å². The SMILES string of the molecule is CC(C#N)c1cccc2c(-c3ccc(N(C)C)cc3)nccc12. The highest BCUT2D eigenvalue weighted by Gasteiger charge is 2.12. The Balaban J connectivity index is 2.17. The number of benzene rings is 2. The van der Waals surface area contributed by atoms with E-state index < -0.39 is 0 Å². The van der Waals surface area contributed by atoms with Gasteiger partial charge in [0.2, 0.25) is 0 Å². The van der Waals surface area contributed by atoms with E-state index in [1.54, 1.807) is 0 Å². The van der Waals surface area contributed by atoms with E-state index in [1.807, 2.05) is 45.4 Å². The standard InChI is InChI=1S/C20H19N3/c1-14(13-21)17-5-4-6-19-18(17)11-12-22-20(19)15-7-9-16(10-8-15)23(2)3/h4-12,14H,1-3H3. The van der Waals surface area contributed by atoms with E-state index in [9.17, 15) is 5.26 Å². The van der Waals surface area contributed by atoms with Gasteiger partial charge in [-0.1, -0.05) is 30.3 Å². The molecule has 0 saturated carbocycles. The lowest BCUT2D eigenvalue weighted by Gasteiger charge is -2.14. The molecule has 0 saturated heterocycles. The summed E-state index contributed by atoms with van der Waals surface area (Å²) < 4.78 is 0. The summed E-state index contributed by atoms with van der Waals surface area (Å²) in [5, 5.41) is 11.4. The lowest BCUT2D eigenvalue weighted by molar-refractivity contribution is 0.994. The van der Waals surface area contributed by atoms with Gasteiger partial charge in [0.1, 0.15) is 0 Å². The van der Waals surface area contributed by atoms with Crippen molar-refractivity contribution in [1.29, 1.82) is 5.26 Å². The number of hydrogen-bond donors (Lipinski definition) is 0. The van der Waals surface area contributed by atoms with Crippen LogP contribution in [0.3, 0.4) is 0 Å². The summed E-state index contributed by atoms with van der Waals surface area (Å²) in [7, 11) is 4.06. The Morgan fingerprint density at radius 2 is 1.74 bits per heavy atom. The third-order valence-corrected chi connectivity index (χ3v) is 4.16. The highest BCUT2D eigenvalue weighted by molar-refractivity contribution is 5.96. The van der Waals surface area contributed by atoms with Crippen molar-refractivity contribution in [2.45, 2.75) is 12.8 Å². The molecular formula is C20H19N3. The van der Waals surface area contributed by atoms with Crippen molar-refractivity contribution in [3.63, 3.8) is 0 Å². The second kappa shape index (κ2) is 6.10. The van der Waals surface area contributed by atoms with Gasteiger partial charge in [-0.25, -0.2) is 0 Å². The average Bonchev–Trinajstić information content (AvgIpc) is 2.60. The molecule has 1 unspecified atom stereocenters. The average molecular weight is 301 g/mol. The summed E-state index contributed by atoms with van der Waals surface area (Å²) in [6, 6.07) is 18.8. The molecule has 3 rings (SSSR count). The van der Waals surface area contributed by atoms with Gasteiger partial charge in [-0.3, -0.25) is 4.98 Å². The van der Waals surface area contributed by atoms with Crippen LogP contribution in [0.2, 0.25) is 0 Å². The van der Waals surface area contributed by atoms with Crippen LogP contribution in [0.15, 0.2) is 54.7 Å². The number of pyridine rings is 1. The van der Waals surface area contributed by atoms with Crippen LogP contribution < -0.4 is 4.90 Å². The fourth-order valence-electron chi connectivity index (χ4n) is 2.83. The number of anilines is 1. The van der Waals surface area contributed by atoms with Crippen molar-refractivity contribution in [2.24, 2.45) is 0 Å². The van der Waals surface area contributed by atoms with Gasteiger partial charge in [0.15, 0.2) is 0 Å². The Bertz CT molecular complexity index is 874. The molecule has 114 valence electrons.